The van der Waals surface area contributed by atoms with Crippen molar-refractivity contribution in [3.63, 3.8) is 0 Å². The Morgan fingerprint density at radius 1 is 1.29 bits per heavy atom. The fourth-order valence-electron chi connectivity index (χ4n) is 3.12. The molecule has 1 aromatic carbocycles. The maximum atomic E-state index is 12.9. The zero-order chi connectivity index (χ0) is 15.3. The van der Waals surface area contributed by atoms with Crippen LogP contribution in [0, 0.1) is 0 Å². The fraction of sp³-hybridized carbons (Fsp3) is 0.588. The molecule has 1 aromatic rings. The molecule has 1 fully saturated rings. The molecule has 0 saturated heterocycles. The van der Waals surface area contributed by atoms with E-state index in [1.54, 1.807) is 7.11 Å². The van der Waals surface area contributed by atoms with Gasteiger partial charge in [-0.1, -0.05) is 35.2 Å². The summed E-state index contributed by atoms with van der Waals surface area (Å²) in [5, 5.41) is 0. The highest BCUT2D eigenvalue weighted by molar-refractivity contribution is 9.10. The molecule has 0 unspecified atom stereocenters. The summed E-state index contributed by atoms with van der Waals surface area (Å²) in [6.07, 6.45) is 5.39. The Morgan fingerprint density at radius 3 is 2.62 bits per heavy atom. The highest BCUT2D eigenvalue weighted by atomic mass is 79.9. The van der Waals surface area contributed by atoms with Crippen molar-refractivity contribution in [3.8, 4) is 5.75 Å². The third-order valence-corrected chi connectivity index (χ3v) is 4.68. The second-order valence-electron chi connectivity index (χ2n) is 5.54. The first-order valence-corrected chi connectivity index (χ1v) is 8.40. The minimum Gasteiger partial charge on any atom is -0.496 e. The van der Waals surface area contributed by atoms with Gasteiger partial charge in [0.15, 0.2) is 5.78 Å². The first kappa shape index (κ1) is 16.5. The number of hydrogen-bond acceptors (Lipinski definition) is 3. The molecule has 0 atom stereocenters. The van der Waals surface area contributed by atoms with E-state index in [0.717, 1.165) is 41.5 Å². The molecular formula is C17H23BrO3. The maximum Gasteiger partial charge on any atom is 0.169 e. The lowest BCUT2D eigenvalue weighted by Crippen LogP contribution is -2.44. The van der Waals surface area contributed by atoms with E-state index in [1.807, 2.05) is 25.1 Å². The first-order valence-electron chi connectivity index (χ1n) is 7.61. The van der Waals surface area contributed by atoms with Gasteiger partial charge in [-0.15, -0.1) is 0 Å². The summed E-state index contributed by atoms with van der Waals surface area (Å²) in [4.78, 5) is 12.9. The van der Waals surface area contributed by atoms with E-state index in [4.69, 9.17) is 9.47 Å². The molecule has 0 spiro atoms. The van der Waals surface area contributed by atoms with Crippen molar-refractivity contribution < 1.29 is 14.3 Å². The van der Waals surface area contributed by atoms with Crippen LogP contribution in [-0.4, -0.2) is 25.1 Å². The Balaban J connectivity index is 2.20. The van der Waals surface area contributed by atoms with Crippen molar-refractivity contribution in [1.29, 1.82) is 0 Å². The van der Waals surface area contributed by atoms with Gasteiger partial charge in [0.25, 0.3) is 0 Å². The lowest BCUT2D eigenvalue weighted by atomic mass is 9.79. The molecule has 0 aliphatic heterocycles. The zero-order valence-corrected chi connectivity index (χ0v) is 14.4. The van der Waals surface area contributed by atoms with Gasteiger partial charge in [0.2, 0.25) is 0 Å². The fourth-order valence-corrected chi connectivity index (χ4v) is 3.53. The van der Waals surface area contributed by atoms with E-state index in [0.29, 0.717) is 13.0 Å². The largest absolute Gasteiger partial charge is 0.496 e. The van der Waals surface area contributed by atoms with Crippen molar-refractivity contribution in [3.05, 3.63) is 28.2 Å². The molecule has 0 radical (unpaired) electrons. The molecule has 3 nitrogen and oxygen atoms in total. The molecule has 0 aromatic heterocycles. The molecule has 1 aliphatic carbocycles. The van der Waals surface area contributed by atoms with E-state index in [-0.39, 0.29) is 5.78 Å². The predicted molar refractivity (Wildman–Crippen MR) is 86.8 cm³/mol. The molecule has 1 aliphatic rings. The van der Waals surface area contributed by atoms with Crippen LogP contribution in [0.3, 0.4) is 0 Å². The SMILES string of the molecule is CCOC1(C(=O)Cc2cc(Br)ccc2OC)CCCCC1. The Morgan fingerprint density at radius 2 is 2.00 bits per heavy atom. The normalized spacial score (nSPS) is 17.5. The monoisotopic (exact) mass is 354 g/mol. The quantitative estimate of drug-likeness (QED) is 0.763. The predicted octanol–water partition coefficient (Wildman–Crippen LogP) is 4.31. The molecule has 4 heteroatoms. The topological polar surface area (TPSA) is 35.5 Å². The van der Waals surface area contributed by atoms with Gasteiger partial charge < -0.3 is 9.47 Å². The van der Waals surface area contributed by atoms with Gasteiger partial charge >= 0.3 is 0 Å². The summed E-state index contributed by atoms with van der Waals surface area (Å²) in [6.45, 7) is 2.55. The summed E-state index contributed by atoms with van der Waals surface area (Å²) in [7, 11) is 1.64. The van der Waals surface area contributed by atoms with Crippen LogP contribution in [0.4, 0.5) is 0 Å². The van der Waals surface area contributed by atoms with Gasteiger partial charge in [-0.2, -0.15) is 0 Å². The molecule has 0 bridgehead atoms. The minimum absolute atomic E-state index is 0.181. The van der Waals surface area contributed by atoms with Crippen LogP contribution in [0.5, 0.6) is 5.75 Å². The summed E-state index contributed by atoms with van der Waals surface area (Å²) in [5.74, 6) is 0.939. The Hall–Kier alpha value is -0.870. The number of hydrogen-bond donors (Lipinski definition) is 0. The van der Waals surface area contributed by atoms with Crippen molar-refractivity contribution in [1.82, 2.24) is 0 Å². The average Bonchev–Trinajstić information content (AvgIpc) is 2.49. The third kappa shape index (κ3) is 3.86. The zero-order valence-electron chi connectivity index (χ0n) is 12.8. The van der Waals surface area contributed by atoms with Crippen molar-refractivity contribution in [2.45, 2.75) is 51.0 Å². The van der Waals surface area contributed by atoms with Gasteiger partial charge in [-0.3, -0.25) is 4.79 Å². The van der Waals surface area contributed by atoms with Crippen LogP contribution < -0.4 is 4.74 Å². The number of benzene rings is 1. The van der Waals surface area contributed by atoms with Crippen LogP contribution in [0.25, 0.3) is 0 Å². The van der Waals surface area contributed by atoms with E-state index >= 15 is 0 Å². The number of halogens is 1. The van der Waals surface area contributed by atoms with Crippen LogP contribution in [0.2, 0.25) is 0 Å². The average molecular weight is 355 g/mol. The van der Waals surface area contributed by atoms with Crippen LogP contribution in [0.1, 0.15) is 44.6 Å². The second kappa shape index (κ2) is 7.41. The lowest BCUT2D eigenvalue weighted by molar-refractivity contribution is -0.148. The summed E-state index contributed by atoms with van der Waals surface area (Å²) >= 11 is 3.46. The van der Waals surface area contributed by atoms with Crippen LogP contribution >= 0.6 is 15.9 Å². The molecule has 1 saturated carbocycles. The smallest absolute Gasteiger partial charge is 0.169 e. The number of carbonyl (C=O) groups excluding carboxylic acids is 1. The number of ketones is 1. The van der Waals surface area contributed by atoms with Crippen molar-refractivity contribution >= 4 is 21.7 Å². The highest BCUT2D eigenvalue weighted by Gasteiger charge is 2.39. The van der Waals surface area contributed by atoms with E-state index < -0.39 is 5.60 Å². The van der Waals surface area contributed by atoms with Gasteiger partial charge in [-0.25, -0.2) is 0 Å². The molecule has 0 amide bonds. The second-order valence-corrected chi connectivity index (χ2v) is 6.46. The number of ether oxygens (including phenoxy) is 2. The molecule has 0 heterocycles. The summed E-state index contributed by atoms with van der Waals surface area (Å²) < 4.78 is 12.2. The van der Waals surface area contributed by atoms with Gasteiger partial charge in [0, 0.05) is 23.1 Å². The Bertz CT molecular complexity index is 487. The van der Waals surface area contributed by atoms with E-state index in [1.165, 1.54) is 6.42 Å². The molecule has 21 heavy (non-hydrogen) atoms. The summed E-state index contributed by atoms with van der Waals surface area (Å²) in [6, 6.07) is 5.77. The Labute approximate surface area is 135 Å². The van der Waals surface area contributed by atoms with Gasteiger partial charge in [0.05, 0.1) is 7.11 Å². The third-order valence-electron chi connectivity index (χ3n) is 4.18. The lowest BCUT2D eigenvalue weighted by Gasteiger charge is -2.35. The summed E-state index contributed by atoms with van der Waals surface area (Å²) in [5.41, 5.74) is 0.335. The van der Waals surface area contributed by atoms with E-state index in [9.17, 15) is 4.79 Å². The number of rotatable bonds is 6. The number of methoxy groups -OCH3 is 1. The van der Waals surface area contributed by atoms with Gasteiger partial charge in [-0.05, 0) is 38.0 Å². The van der Waals surface area contributed by atoms with Gasteiger partial charge in [0.1, 0.15) is 11.4 Å². The number of carbonyl (C=O) groups is 1. The standard InChI is InChI=1S/C17H23BrO3/c1-3-21-17(9-5-4-6-10-17)16(19)12-13-11-14(18)7-8-15(13)20-2/h7-8,11H,3-6,9-10,12H2,1-2H3. The molecule has 116 valence electrons. The maximum absolute atomic E-state index is 12.9. The molecule has 2 rings (SSSR count). The Kier molecular flexibility index (Phi) is 5.82. The number of Topliss-reactive ketones (excluding diaryl/α,β-unsaturated/α-hetero) is 1. The first-order chi connectivity index (χ1) is 10.1. The van der Waals surface area contributed by atoms with Crippen molar-refractivity contribution in [2.75, 3.05) is 13.7 Å². The highest BCUT2D eigenvalue weighted by Crippen LogP contribution is 2.34. The molecular weight excluding hydrogens is 332 g/mol. The molecule has 0 N–H and O–H groups in total. The van der Waals surface area contributed by atoms with Crippen LogP contribution in [0.15, 0.2) is 22.7 Å². The van der Waals surface area contributed by atoms with Crippen LogP contribution in [-0.2, 0) is 16.0 Å². The minimum atomic E-state index is -0.583. The van der Waals surface area contributed by atoms with E-state index in [2.05, 4.69) is 15.9 Å². The van der Waals surface area contributed by atoms with Crippen molar-refractivity contribution in [2.24, 2.45) is 0 Å².